The molecule has 0 N–H and O–H groups in total. The molecule has 0 atom stereocenters. The van der Waals surface area contributed by atoms with Gasteiger partial charge in [0.1, 0.15) is 0 Å². The third-order valence-electron chi connectivity index (χ3n) is 1.08. The lowest BCUT2D eigenvalue weighted by Crippen LogP contribution is -1.91. The molecule has 54 valence electrons. The monoisotopic (exact) mass is 154 g/mol. The van der Waals surface area contributed by atoms with E-state index >= 15 is 0 Å². The fourth-order valence-corrected chi connectivity index (χ4v) is 0.621. The van der Waals surface area contributed by atoms with Crippen molar-refractivity contribution < 1.29 is 9.15 Å². The Labute approximate surface area is 71.5 Å². The van der Waals surface area contributed by atoms with Gasteiger partial charge < -0.3 is 0 Å². The molecule has 0 amide bonds. The van der Waals surface area contributed by atoms with Gasteiger partial charge in [-0.2, -0.15) is 0 Å². The van der Waals surface area contributed by atoms with E-state index in [1.165, 1.54) is 0 Å². The Morgan fingerprint density at radius 2 is 2.08 bits per heavy atom. The van der Waals surface area contributed by atoms with E-state index in [4.69, 9.17) is 6.42 Å². The van der Waals surface area contributed by atoms with E-state index < -0.39 is 0 Å². The molecule has 2 heteroatoms. The van der Waals surface area contributed by atoms with Gasteiger partial charge in [0.05, 0.1) is 5.92 Å². The molecule has 0 aromatic heterocycles. The number of rotatable bonds is 0. The number of terminal acetylenes is 1. The standard InChI is InChI=1S/C10H6N2/c1-3-4-5-6-7-12-9-8-11(2)10-12/h1,8-9H,2H3/q+2. The zero-order chi connectivity index (χ0) is 8.81. The Bertz CT molecular complexity index is 444. The highest BCUT2D eigenvalue weighted by Crippen LogP contribution is 1.80. The van der Waals surface area contributed by atoms with E-state index in [1.54, 1.807) is 15.4 Å². The van der Waals surface area contributed by atoms with Crippen LogP contribution in [0.1, 0.15) is 0 Å². The predicted molar refractivity (Wildman–Crippen MR) is 45.0 cm³/mol. The van der Waals surface area contributed by atoms with Gasteiger partial charge in [-0.15, -0.1) is 6.42 Å². The largest absolute Gasteiger partial charge is 0.505 e. The summed E-state index contributed by atoms with van der Waals surface area (Å²) in [6, 6.07) is 5.61. The predicted octanol–water partition coefficient (Wildman–Crippen LogP) is -0.103. The zero-order valence-corrected chi connectivity index (χ0v) is 6.63. The molecule has 2 nitrogen and oxygen atoms in total. The Morgan fingerprint density at radius 1 is 1.25 bits per heavy atom. The molecule has 1 aliphatic heterocycles. The number of nitrogens with zero attached hydrogens (tertiary/aromatic N) is 2. The van der Waals surface area contributed by atoms with Gasteiger partial charge in [-0.05, 0) is 16.4 Å². The summed E-state index contributed by atoms with van der Waals surface area (Å²) in [4.78, 5) is 0. The maximum Gasteiger partial charge on any atom is 0.505 e. The molecule has 1 heterocycles. The Balaban J connectivity index is 2.77. The molecular weight excluding hydrogens is 148 g/mol. The lowest BCUT2D eigenvalue weighted by atomic mass is 10.6. The van der Waals surface area contributed by atoms with Gasteiger partial charge in [-0.1, -0.05) is 4.58 Å². The molecule has 0 aromatic rings. The van der Waals surface area contributed by atoms with Crippen molar-refractivity contribution in [3.63, 3.8) is 0 Å². The minimum atomic E-state index is 1.59. The number of hydrogen-bond donors (Lipinski definition) is 0. The summed E-state index contributed by atoms with van der Waals surface area (Å²) >= 11 is 0. The molecule has 0 saturated carbocycles. The average Bonchev–Trinajstić information content (AvgIpc) is 2.45. The van der Waals surface area contributed by atoms with E-state index in [1.807, 2.05) is 13.2 Å². The summed E-state index contributed by atoms with van der Waals surface area (Å²) in [6.07, 6.45) is 8.52. The molecular formula is C10H6N2+2. The van der Waals surface area contributed by atoms with Crippen molar-refractivity contribution in [2.75, 3.05) is 7.05 Å². The minimum Gasteiger partial charge on any atom is -0.106 e. The third-order valence-corrected chi connectivity index (χ3v) is 1.08. The van der Waals surface area contributed by atoms with E-state index in [-0.39, 0.29) is 0 Å². The summed E-state index contributed by atoms with van der Waals surface area (Å²) in [5.74, 6) is 9.64. The van der Waals surface area contributed by atoms with E-state index in [2.05, 4.69) is 35.7 Å². The van der Waals surface area contributed by atoms with Crippen molar-refractivity contribution in [3.8, 4) is 36.1 Å². The van der Waals surface area contributed by atoms with Crippen LogP contribution >= 0.6 is 0 Å². The molecule has 0 spiro atoms. The molecule has 1 aliphatic rings. The summed E-state index contributed by atoms with van der Waals surface area (Å²) < 4.78 is 3.36. The average molecular weight is 154 g/mol. The van der Waals surface area contributed by atoms with Gasteiger partial charge in [0.2, 0.25) is 6.20 Å². The fraction of sp³-hybridized carbons (Fsp3) is 0.100. The van der Waals surface area contributed by atoms with Crippen LogP contribution in [-0.4, -0.2) is 22.2 Å². The SMILES string of the molecule is C#CC#CC#C[N+]1=C=[N+](C)C=C1. The lowest BCUT2D eigenvalue weighted by molar-refractivity contribution is -0.428. The molecule has 0 bridgehead atoms. The minimum absolute atomic E-state index is 1.59. The first-order valence-electron chi connectivity index (χ1n) is 3.26. The van der Waals surface area contributed by atoms with Crippen molar-refractivity contribution in [2.24, 2.45) is 0 Å². The Kier molecular flexibility index (Phi) is 2.53. The van der Waals surface area contributed by atoms with Crippen molar-refractivity contribution in [1.29, 1.82) is 0 Å². The second-order valence-electron chi connectivity index (χ2n) is 2.01. The highest BCUT2D eigenvalue weighted by molar-refractivity contribution is 5.35. The van der Waals surface area contributed by atoms with Crippen molar-refractivity contribution in [1.82, 2.24) is 0 Å². The molecule has 0 aromatic carbocycles. The maximum atomic E-state index is 4.90. The fourth-order valence-electron chi connectivity index (χ4n) is 0.621. The second-order valence-corrected chi connectivity index (χ2v) is 2.01. The van der Waals surface area contributed by atoms with Gasteiger partial charge in [0.25, 0.3) is 12.2 Å². The van der Waals surface area contributed by atoms with Gasteiger partial charge >= 0.3 is 6.01 Å². The Morgan fingerprint density at radius 3 is 2.67 bits per heavy atom. The van der Waals surface area contributed by atoms with Gasteiger partial charge in [-0.25, -0.2) is 0 Å². The first-order chi connectivity index (χ1) is 5.83. The molecule has 0 aliphatic carbocycles. The first-order valence-corrected chi connectivity index (χ1v) is 3.26. The van der Waals surface area contributed by atoms with Crippen LogP contribution in [0.25, 0.3) is 0 Å². The summed E-state index contributed by atoms with van der Waals surface area (Å²) in [6.45, 7) is 0. The van der Waals surface area contributed by atoms with Crippen LogP contribution in [0.3, 0.4) is 0 Å². The van der Waals surface area contributed by atoms with Crippen LogP contribution in [0.4, 0.5) is 0 Å². The van der Waals surface area contributed by atoms with Crippen LogP contribution < -0.4 is 0 Å². The molecule has 0 radical (unpaired) electrons. The quantitative estimate of drug-likeness (QED) is 0.339. The normalized spacial score (nSPS) is 11.3. The van der Waals surface area contributed by atoms with Gasteiger partial charge in [0.15, 0.2) is 7.05 Å². The van der Waals surface area contributed by atoms with Crippen LogP contribution in [0.2, 0.25) is 0 Å². The zero-order valence-electron chi connectivity index (χ0n) is 6.63. The summed E-state index contributed by atoms with van der Waals surface area (Å²) in [5, 5.41) is 0. The second kappa shape index (κ2) is 3.85. The first kappa shape index (κ1) is 7.90. The van der Waals surface area contributed by atoms with Crippen LogP contribution in [0, 0.1) is 36.1 Å². The number of hydrogen-bond acceptors (Lipinski definition) is 0. The molecule has 0 fully saturated rings. The van der Waals surface area contributed by atoms with Crippen LogP contribution in [0.15, 0.2) is 12.4 Å². The highest BCUT2D eigenvalue weighted by atomic mass is 15.1. The van der Waals surface area contributed by atoms with Crippen molar-refractivity contribution in [3.05, 3.63) is 12.4 Å². The maximum absolute atomic E-state index is 4.90. The van der Waals surface area contributed by atoms with Gasteiger partial charge in [-0.3, -0.25) is 0 Å². The summed E-state index contributed by atoms with van der Waals surface area (Å²) in [5.41, 5.74) is 0. The van der Waals surface area contributed by atoms with E-state index in [0.29, 0.717) is 0 Å². The Hall–Kier alpha value is -2.20. The topological polar surface area (TPSA) is 6.02 Å². The van der Waals surface area contributed by atoms with Crippen LogP contribution in [-0.2, 0) is 0 Å². The highest BCUT2D eigenvalue weighted by Gasteiger charge is 2.08. The van der Waals surface area contributed by atoms with Crippen molar-refractivity contribution >= 4 is 6.01 Å². The molecule has 12 heavy (non-hydrogen) atoms. The smallest absolute Gasteiger partial charge is 0.106 e. The molecule has 0 saturated heterocycles. The molecule has 0 unspecified atom stereocenters. The van der Waals surface area contributed by atoms with E-state index in [0.717, 1.165) is 0 Å². The van der Waals surface area contributed by atoms with Gasteiger partial charge in [0, 0.05) is 5.92 Å². The summed E-state index contributed by atoms with van der Waals surface area (Å²) in [7, 11) is 1.87. The lowest BCUT2D eigenvalue weighted by Gasteiger charge is -1.58. The van der Waals surface area contributed by atoms with E-state index in [9.17, 15) is 0 Å². The molecule has 1 rings (SSSR count). The van der Waals surface area contributed by atoms with Crippen LogP contribution in [0.5, 0.6) is 0 Å². The third kappa shape index (κ3) is 2.20. The van der Waals surface area contributed by atoms with Crippen molar-refractivity contribution in [2.45, 2.75) is 0 Å².